The molecule has 2 aromatic heterocycles. The maximum absolute atomic E-state index is 12.0. The molecule has 2 aromatic rings. The number of pyridine rings is 1. The van der Waals surface area contributed by atoms with Gasteiger partial charge in [0.1, 0.15) is 5.56 Å². The molecule has 0 bridgehead atoms. The van der Waals surface area contributed by atoms with Crippen LogP contribution in [0.3, 0.4) is 0 Å². The number of hydrogen-bond donors (Lipinski definition) is 2. The highest BCUT2D eigenvalue weighted by atomic mass is 32.2. The third-order valence-corrected chi connectivity index (χ3v) is 3.22. The number of amides is 1. The number of carbonyl (C=O) groups excluding carboxylic acids is 2. The van der Waals surface area contributed by atoms with E-state index in [1.54, 1.807) is 31.5 Å². The van der Waals surface area contributed by atoms with E-state index in [1.165, 1.54) is 24.2 Å². The van der Waals surface area contributed by atoms with Crippen LogP contribution in [-0.2, 0) is 4.74 Å². The Morgan fingerprint density at radius 2 is 2.17 bits per heavy atom. The number of hydrogen-bond acceptors (Lipinski definition) is 8. The Morgan fingerprint density at radius 1 is 1.35 bits per heavy atom. The summed E-state index contributed by atoms with van der Waals surface area (Å²) >= 11 is 1.31. The number of carbonyl (C=O) groups is 2. The molecule has 0 radical (unpaired) electrons. The molecule has 0 aliphatic rings. The molecular formula is C14H15N5O3S. The van der Waals surface area contributed by atoms with Gasteiger partial charge in [-0.25, -0.2) is 14.8 Å². The summed E-state index contributed by atoms with van der Waals surface area (Å²) < 4.78 is 4.95. The number of ether oxygens (including phenoxy) is 1. The summed E-state index contributed by atoms with van der Waals surface area (Å²) in [5, 5.41) is 0.455. The lowest BCUT2D eigenvalue weighted by Gasteiger charge is -2.11. The third kappa shape index (κ3) is 4.39. The maximum Gasteiger partial charge on any atom is 0.343 e. The highest BCUT2D eigenvalue weighted by Crippen LogP contribution is 2.17. The van der Waals surface area contributed by atoms with Crippen molar-refractivity contribution in [2.75, 3.05) is 18.3 Å². The Bertz CT molecular complexity index is 696. The molecule has 0 aliphatic carbocycles. The second-order valence-corrected chi connectivity index (χ2v) is 4.93. The number of nitrogens with zero attached hydrogens (tertiary/aromatic N) is 3. The zero-order valence-corrected chi connectivity index (χ0v) is 13.4. The Morgan fingerprint density at radius 3 is 2.83 bits per heavy atom. The van der Waals surface area contributed by atoms with Gasteiger partial charge in [0.25, 0.3) is 5.91 Å². The zero-order valence-electron chi connectivity index (χ0n) is 12.6. The van der Waals surface area contributed by atoms with Gasteiger partial charge in [-0.15, -0.1) is 0 Å². The highest BCUT2D eigenvalue weighted by molar-refractivity contribution is 7.98. The quantitative estimate of drug-likeness (QED) is 0.355. The fourth-order valence-electron chi connectivity index (χ4n) is 1.60. The van der Waals surface area contributed by atoms with Crippen molar-refractivity contribution in [3.8, 4) is 0 Å². The van der Waals surface area contributed by atoms with Crippen molar-refractivity contribution in [2.24, 2.45) is 0 Å². The number of aromatic nitrogens is 3. The number of esters is 1. The summed E-state index contributed by atoms with van der Waals surface area (Å²) in [7, 11) is 0. The molecule has 2 heterocycles. The van der Waals surface area contributed by atoms with Crippen molar-refractivity contribution in [3.05, 3.63) is 41.9 Å². The molecule has 0 saturated heterocycles. The maximum atomic E-state index is 12.0. The summed E-state index contributed by atoms with van der Waals surface area (Å²) in [5.41, 5.74) is 5.61. The minimum absolute atomic E-state index is 0.135. The standard InChI is InChI=1S/C14H15N5O3S/c1-3-22-13(21)10-8-16-14(23-2)17-11(10)18-19-12(20)9-5-4-6-15-7-9/h4-8H,3H2,1-2H3,(H,19,20)(H,16,17,18). The fourth-order valence-corrected chi connectivity index (χ4v) is 1.94. The van der Waals surface area contributed by atoms with Crippen molar-refractivity contribution >= 4 is 29.5 Å². The van der Waals surface area contributed by atoms with E-state index in [0.717, 1.165) is 0 Å². The minimum atomic E-state index is -0.571. The van der Waals surface area contributed by atoms with Crippen LogP contribution in [0.1, 0.15) is 27.6 Å². The Balaban J connectivity index is 2.17. The molecule has 0 spiro atoms. The molecule has 23 heavy (non-hydrogen) atoms. The van der Waals surface area contributed by atoms with Crippen molar-refractivity contribution in [1.82, 2.24) is 20.4 Å². The highest BCUT2D eigenvalue weighted by Gasteiger charge is 2.16. The number of hydrazine groups is 1. The van der Waals surface area contributed by atoms with Crippen LogP contribution in [0, 0.1) is 0 Å². The molecule has 2 rings (SSSR count). The second kappa shape index (κ2) is 8.08. The summed E-state index contributed by atoms with van der Waals surface area (Å²) in [6.45, 7) is 1.93. The molecule has 0 saturated carbocycles. The van der Waals surface area contributed by atoms with E-state index in [4.69, 9.17) is 4.74 Å². The van der Waals surface area contributed by atoms with Gasteiger partial charge in [0.15, 0.2) is 11.0 Å². The lowest BCUT2D eigenvalue weighted by atomic mass is 10.3. The third-order valence-electron chi connectivity index (χ3n) is 2.66. The van der Waals surface area contributed by atoms with Gasteiger partial charge in [-0.1, -0.05) is 11.8 Å². The zero-order chi connectivity index (χ0) is 16.7. The summed E-state index contributed by atoms with van der Waals surface area (Å²) in [5.74, 6) is -0.810. The van der Waals surface area contributed by atoms with Gasteiger partial charge in [-0.2, -0.15) is 0 Å². The van der Waals surface area contributed by atoms with Crippen LogP contribution in [0.15, 0.2) is 35.9 Å². The first-order chi connectivity index (χ1) is 11.2. The number of anilines is 1. The van der Waals surface area contributed by atoms with E-state index in [9.17, 15) is 9.59 Å². The molecule has 0 fully saturated rings. The lowest BCUT2D eigenvalue weighted by Crippen LogP contribution is -2.31. The van der Waals surface area contributed by atoms with Gasteiger partial charge in [-0.05, 0) is 25.3 Å². The van der Waals surface area contributed by atoms with Gasteiger partial charge < -0.3 is 4.74 Å². The van der Waals surface area contributed by atoms with Gasteiger partial charge in [-0.3, -0.25) is 20.6 Å². The van der Waals surface area contributed by atoms with Crippen molar-refractivity contribution < 1.29 is 14.3 Å². The number of rotatable bonds is 6. The first-order valence-corrected chi connectivity index (χ1v) is 7.92. The smallest absolute Gasteiger partial charge is 0.343 e. The normalized spacial score (nSPS) is 10.0. The molecule has 0 atom stereocenters. The largest absolute Gasteiger partial charge is 0.462 e. The van der Waals surface area contributed by atoms with Crippen molar-refractivity contribution in [2.45, 2.75) is 12.1 Å². The van der Waals surface area contributed by atoms with Crippen LogP contribution in [0.4, 0.5) is 5.82 Å². The van der Waals surface area contributed by atoms with Crippen LogP contribution >= 0.6 is 11.8 Å². The molecule has 120 valence electrons. The Hall–Kier alpha value is -2.68. The van der Waals surface area contributed by atoms with E-state index in [2.05, 4.69) is 25.8 Å². The molecule has 2 N–H and O–H groups in total. The average Bonchev–Trinajstić information content (AvgIpc) is 2.60. The van der Waals surface area contributed by atoms with E-state index in [1.807, 2.05) is 0 Å². The van der Waals surface area contributed by atoms with Crippen molar-refractivity contribution in [3.63, 3.8) is 0 Å². The first-order valence-electron chi connectivity index (χ1n) is 6.70. The van der Waals surface area contributed by atoms with Gasteiger partial charge in [0, 0.05) is 18.6 Å². The SMILES string of the molecule is CCOC(=O)c1cnc(SC)nc1NNC(=O)c1cccnc1. The summed E-state index contributed by atoms with van der Waals surface area (Å²) in [6.07, 6.45) is 6.15. The monoisotopic (exact) mass is 333 g/mol. The van der Waals surface area contributed by atoms with Crippen molar-refractivity contribution in [1.29, 1.82) is 0 Å². The Labute approximate surface area is 137 Å². The van der Waals surface area contributed by atoms with Crippen LogP contribution in [-0.4, -0.2) is 39.7 Å². The van der Waals surface area contributed by atoms with Crippen LogP contribution in [0.5, 0.6) is 0 Å². The first kappa shape index (κ1) is 16.7. The van der Waals surface area contributed by atoms with Gasteiger partial charge in [0.2, 0.25) is 0 Å². The Kier molecular flexibility index (Phi) is 5.87. The van der Waals surface area contributed by atoms with Crippen LogP contribution < -0.4 is 10.9 Å². The summed E-state index contributed by atoms with van der Waals surface area (Å²) in [4.78, 5) is 36.0. The summed E-state index contributed by atoms with van der Waals surface area (Å²) in [6, 6.07) is 3.26. The van der Waals surface area contributed by atoms with Gasteiger partial charge >= 0.3 is 5.97 Å². The van der Waals surface area contributed by atoms with E-state index in [0.29, 0.717) is 10.7 Å². The molecule has 9 heteroatoms. The lowest BCUT2D eigenvalue weighted by molar-refractivity contribution is 0.0526. The van der Waals surface area contributed by atoms with E-state index < -0.39 is 11.9 Å². The molecule has 0 aliphatic heterocycles. The topological polar surface area (TPSA) is 106 Å². The molecule has 1 amide bonds. The van der Waals surface area contributed by atoms with Crippen LogP contribution in [0.25, 0.3) is 0 Å². The van der Waals surface area contributed by atoms with E-state index in [-0.39, 0.29) is 18.0 Å². The number of nitrogens with one attached hydrogen (secondary N) is 2. The molecular weight excluding hydrogens is 318 g/mol. The van der Waals surface area contributed by atoms with Gasteiger partial charge in [0.05, 0.1) is 12.2 Å². The van der Waals surface area contributed by atoms with E-state index >= 15 is 0 Å². The minimum Gasteiger partial charge on any atom is -0.462 e. The molecule has 0 unspecified atom stereocenters. The fraction of sp³-hybridized carbons (Fsp3) is 0.214. The number of thioether (sulfide) groups is 1. The predicted molar refractivity (Wildman–Crippen MR) is 85.1 cm³/mol. The molecule has 0 aromatic carbocycles. The average molecular weight is 333 g/mol. The molecule has 8 nitrogen and oxygen atoms in total. The predicted octanol–water partition coefficient (Wildman–Crippen LogP) is 1.53. The van der Waals surface area contributed by atoms with Crippen LogP contribution in [0.2, 0.25) is 0 Å². The second-order valence-electron chi connectivity index (χ2n) is 4.16.